The van der Waals surface area contributed by atoms with Gasteiger partial charge in [-0.05, 0) is 38.4 Å². The van der Waals surface area contributed by atoms with Crippen LogP contribution in [0, 0.1) is 0 Å². The third kappa shape index (κ3) is 2.67. The van der Waals surface area contributed by atoms with E-state index in [-0.39, 0.29) is 5.76 Å². The molecule has 0 aliphatic carbocycles. The third-order valence-corrected chi connectivity index (χ3v) is 4.24. The molecular weight excluding hydrogens is 244 g/mol. The van der Waals surface area contributed by atoms with E-state index in [1.807, 2.05) is 0 Å². The number of carbonyl (C=O) groups is 1. The molecule has 0 spiro atoms. The third-order valence-electron chi connectivity index (χ3n) is 4.24. The van der Waals surface area contributed by atoms with Gasteiger partial charge in [0.15, 0.2) is 0 Å². The molecule has 0 radical (unpaired) electrons. The van der Waals surface area contributed by atoms with Gasteiger partial charge in [-0.15, -0.1) is 0 Å². The average molecular weight is 264 g/mol. The van der Waals surface area contributed by atoms with Crippen LogP contribution in [0.3, 0.4) is 0 Å². The quantitative estimate of drug-likeness (QED) is 0.896. The number of rotatable bonds is 4. The average Bonchev–Trinajstić information content (AvgIpc) is 3.09. The lowest BCUT2D eigenvalue weighted by Gasteiger charge is -2.23. The van der Waals surface area contributed by atoms with Gasteiger partial charge in [-0.3, -0.25) is 9.80 Å². The number of hydrogen-bond acceptors (Lipinski definition) is 4. The molecule has 19 heavy (non-hydrogen) atoms. The normalized spacial score (nSPS) is 25.2. The van der Waals surface area contributed by atoms with Crippen LogP contribution in [0.2, 0.25) is 0 Å². The highest BCUT2D eigenvalue weighted by atomic mass is 16.4. The number of hydrogen-bond donors (Lipinski definition) is 1. The van der Waals surface area contributed by atoms with Gasteiger partial charge >= 0.3 is 5.97 Å². The maximum absolute atomic E-state index is 11.0. The van der Waals surface area contributed by atoms with Crippen LogP contribution >= 0.6 is 0 Å². The van der Waals surface area contributed by atoms with Crippen molar-refractivity contribution in [3.05, 3.63) is 23.7 Å². The van der Waals surface area contributed by atoms with Gasteiger partial charge in [0.1, 0.15) is 0 Å². The fraction of sp³-hybridized carbons (Fsp3) is 0.643. The summed E-state index contributed by atoms with van der Waals surface area (Å²) in [7, 11) is 0. The van der Waals surface area contributed by atoms with E-state index in [4.69, 9.17) is 9.52 Å². The number of furan rings is 1. The van der Waals surface area contributed by atoms with E-state index in [9.17, 15) is 4.79 Å². The standard InChI is InChI=1S/C14H20N2O3/c17-14(18)13-11(4-8-19-13)9-15-7-3-12(10-15)16-5-1-2-6-16/h4,8,12H,1-3,5-7,9-10H2,(H,17,18). The molecular formula is C14H20N2O3. The van der Waals surface area contributed by atoms with Crippen molar-refractivity contribution < 1.29 is 14.3 Å². The highest BCUT2D eigenvalue weighted by molar-refractivity contribution is 5.86. The van der Waals surface area contributed by atoms with Gasteiger partial charge in [0.2, 0.25) is 5.76 Å². The second kappa shape index (κ2) is 5.35. The fourth-order valence-electron chi connectivity index (χ4n) is 3.25. The van der Waals surface area contributed by atoms with E-state index < -0.39 is 5.97 Å². The van der Waals surface area contributed by atoms with E-state index >= 15 is 0 Å². The van der Waals surface area contributed by atoms with Crippen molar-refractivity contribution in [2.75, 3.05) is 26.2 Å². The monoisotopic (exact) mass is 264 g/mol. The van der Waals surface area contributed by atoms with Gasteiger partial charge in [-0.2, -0.15) is 0 Å². The summed E-state index contributed by atoms with van der Waals surface area (Å²) in [6.45, 7) is 5.23. The molecule has 1 aromatic heterocycles. The van der Waals surface area contributed by atoms with E-state index in [0.29, 0.717) is 12.6 Å². The second-order valence-corrected chi connectivity index (χ2v) is 5.50. The van der Waals surface area contributed by atoms with Crippen LogP contribution in [0.1, 0.15) is 35.4 Å². The first-order chi connectivity index (χ1) is 9.24. The molecule has 0 amide bonds. The highest BCUT2D eigenvalue weighted by Gasteiger charge is 2.30. The summed E-state index contributed by atoms with van der Waals surface area (Å²) in [6.07, 6.45) is 5.30. The Balaban J connectivity index is 1.59. The molecule has 0 aromatic carbocycles. The molecule has 3 heterocycles. The Labute approximate surface area is 112 Å². The van der Waals surface area contributed by atoms with Gasteiger partial charge in [0.25, 0.3) is 0 Å². The first-order valence-corrected chi connectivity index (χ1v) is 7.00. The van der Waals surface area contributed by atoms with Gasteiger partial charge in [-0.25, -0.2) is 4.79 Å². The summed E-state index contributed by atoms with van der Waals surface area (Å²) < 4.78 is 5.03. The van der Waals surface area contributed by atoms with Crippen LogP contribution in [0.4, 0.5) is 0 Å². The Morgan fingerprint density at radius 2 is 2.16 bits per heavy atom. The first kappa shape index (κ1) is 12.7. The Morgan fingerprint density at radius 3 is 2.89 bits per heavy atom. The molecule has 2 aliphatic heterocycles. The molecule has 1 N–H and O–H groups in total. The summed E-state index contributed by atoms with van der Waals surface area (Å²) in [5.74, 6) is -0.889. The van der Waals surface area contributed by atoms with E-state index in [2.05, 4.69) is 9.80 Å². The smallest absolute Gasteiger partial charge is 0.372 e. The van der Waals surface area contributed by atoms with Gasteiger partial charge < -0.3 is 9.52 Å². The Kier molecular flexibility index (Phi) is 3.57. The highest BCUT2D eigenvalue weighted by Crippen LogP contribution is 2.23. The van der Waals surface area contributed by atoms with E-state index in [1.165, 1.54) is 38.6 Å². The van der Waals surface area contributed by atoms with Crippen molar-refractivity contribution in [1.29, 1.82) is 0 Å². The fourth-order valence-corrected chi connectivity index (χ4v) is 3.25. The molecule has 2 saturated heterocycles. The second-order valence-electron chi connectivity index (χ2n) is 5.50. The van der Waals surface area contributed by atoms with Crippen LogP contribution in [-0.4, -0.2) is 53.1 Å². The first-order valence-electron chi connectivity index (χ1n) is 7.00. The van der Waals surface area contributed by atoms with Gasteiger partial charge in [0, 0.05) is 31.2 Å². The number of carboxylic acids is 1. The number of carboxylic acid groups (broad SMARTS) is 1. The summed E-state index contributed by atoms with van der Waals surface area (Å²) in [5, 5.41) is 9.03. The molecule has 3 rings (SSSR count). The minimum Gasteiger partial charge on any atom is -0.475 e. The number of nitrogens with zero attached hydrogens (tertiary/aromatic N) is 2. The minimum atomic E-state index is -0.977. The van der Waals surface area contributed by atoms with Crippen LogP contribution < -0.4 is 0 Å². The minimum absolute atomic E-state index is 0.0876. The molecule has 5 nitrogen and oxygen atoms in total. The van der Waals surface area contributed by atoms with Gasteiger partial charge in [-0.1, -0.05) is 0 Å². The van der Waals surface area contributed by atoms with E-state index in [1.54, 1.807) is 6.07 Å². The molecule has 2 aliphatic rings. The number of aromatic carboxylic acids is 1. The maximum Gasteiger partial charge on any atom is 0.372 e. The van der Waals surface area contributed by atoms with Crippen molar-refractivity contribution in [3.8, 4) is 0 Å². The summed E-state index contributed by atoms with van der Waals surface area (Å²) in [5.41, 5.74) is 0.787. The maximum atomic E-state index is 11.0. The predicted molar refractivity (Wildman–Crippen MR) is 70.2 cm³/mol. The zero-order chi connectivity index (χ0) is 13.2. The SMILES string of the molecule is O=C(O)c1occc1CN1CCC(N2CCCC2)C1. The molecule has 104 valence electrons. The van der Waals surface area contributed by atoms with Crippen LogP contribution in [0.25, 0.3) is 0 Å². The summed E-state index contributed by atoms with van der Waals surface area (Å²) in [6, 6.07) is 2.43. The Bertz CT molecular complexity index is 451. The lowest BCUT2D eigenvalue weighted by atomic mass is 10.2. The molecule has 5 heteroatoms. The lowest BCUT2D eigenvalue weighted by Crippen LogP contribution is -2.35. The molecule has 2 fully saturated rings. The van der Waals surface area contributed by atoms with Crippen molar-refractivity contribution in [3.63, 3.8) is 0 Å². The molecule has 0 saturated carbocycles. The van der Waals surface area contributed by atoms with Crippen molar-refractivity contribution in [2.24, 2.45) is 0 Å². The Hall–Kier alpha value is -1.33. The largest absolute Gasteiger partial charge is 0.475 e. The zero-order valence-electron chi connectivity index (χ0n) is 11.0. The van der Waals surface area contributed by atoms with E-state index in [0.717, 1.165) is 18.7 Å². The summed E-state index contributed by atoms with van der Waals surface area (Å²) in [4.78, 5) is 15.9. The molecule has 0 bridgehead atoms. The van der Waals surface area contributed by atoms with Crippen molar-refractivity contribution in [2.45, 2.75) is 31.8 Å². The van der Waals surface area contributed by atoms with Crippen LogP contribution in [0.5, 0.6) is 0 Å². The summed E-state index contributed by atoms with van der Waals surface area (Å²) >= 11 is 0. The predicted octanol–water partition coefficient (Wildman–Crippen LogP) is 1.65. The topological polar surface area (TPSA) is 56.9 Å². The van der Waals surface area contributed by atoms with Crippen LogP contribution in [-0.2, 0) is 6.54 Å². The zero-order valence-corrected chi connectivity index (χ0v) is 11.0. The van der Waals surface area contributed by atoms with Crippen molar-refractivity contribution >= 4 is 5.97 Å². The molecule has 1 atom stereocenters. The number of likely N-dealkylation sites (tertiary alicyclic amines) is 2. The van der Waals surface area contributed by atoms with Crippen LogP contribution in [0.15, 0.2) is 16.7 Å². The molecule has 1 unspecified atom stereocenters. The Morgan fingerprint density at radius 1 is 1.37 bits per heavy atom. The lowest BCUT2D eigenvalue weighted by molar-refractivity contribution is 0.0659. The molecule has 1 aromatic rings. The van der Waals surface area contributed by atoms with Gasteiger partial charge in [0.05, 0.1) is 6.26 Å². The van der Waals surface area contributed by atoms with Crippen molar-refractivity contribution in [1.82, 2.24) is 9.80 Å².